The fraction of sp³-hybridized carbons (Fsp3) is 0.821. The van der Waals surface area contributed by atoms with E-state index in [1.165, 1.54) is 99.8 Å². The molecule has 0 saturated carbocycles. The second-order valence-corrected chi connectivity index (χ2v) is 11.5. The van der Waals surface area contributed by atoms with E-state index < -0.39 is 0 Å². The van der Waals surface area contributed by atoms with E-state index in [0.717, 1.165) is 6.42 Å². The molecule has 0 aromatic carbocycles. The van der Waals surface area contributed by atoms with Gasteiger partial charge in [0.2, 0.25) is 0 Å². The molecule has 0 spiro atoms. The maximum Gasteiger partial charge on any atom is 0.0414 e. The number of aromatic nitrogens is 1. The molecule has 0 aliphatic carbocycles. The van der Waals surface area contributed by atoms with E-state index in [-0.39, 0.29) is 0 Å². The minimum Gasteiger partial charge on any atom is -0.261 e. The zero-order valence-corrected chi connectivity index (χ0v) is 22.0. The van der Waals surface area contributed by atoms with Gasteiger partial charge in [-0.1, -0.05) is 99.3 Å². The van der Waals surface area contributed by atoms with Crippen LogP contribution in [0.4, 0.5) is 0 Å². The lowest BCUT2D eigenvalue weighted by Crippen LogP contribution is -2.21. The SMILES string of the molecule is CCCCCCCC(C)(C)CSCCc1cc(C(C)(CC)CCCCCC)ccn1. The van der Waals surface area contributed by atoms with Crippen LogP contribution in [-0.2, 0) is 11.8 Å². The Morgan fingerprint density at radius 1 is 0.833 bits per heavy atom. The first-order valence-electron chi connectivity index (χ1n) is 12.9. The highest BCUT2D eigenvalue weighted by atomic mass is 32.2. The number of hydrogen-bond acceptors (Lipinski definition) is 2. The summed E-state index contributed by atoms with van der Waals surface area (Å²) in [6.07, 6.45) is 19.4. The predicted molar refractivity (Wildman–Crippen MR) is 139 cm³/mol. The summed E-state index contributed by atoms with van der Waals surface area (Å²) in [5, 5.41) is 0. The first-order valence-corrected chi connectivity index (χ1v) is 14.1. The van der Waals surface area contributed by atoms with Gasteiger partial charge in [-0.05, 0) is 65.7 Å². The van der Waals surface area contributed by atoms with Crippen molar-refractivity contribution >= 4 is 11.8 Å². The zero-order chi connectivity index (χ0) is 22.3. The van der Waals surface area contributed by atoms with Crippen LogP contribution in [0.1, 0.15) is 130 Å². The molecular formula is C28H51NS. The summed E-state index contributed by atoms with van der Waals surface area (Å²) in [5.41, 5.74) is 3.55. The number of aryl methyl sites for hydroxylation is 1. The maximum absolute atomic E-state index is 4.70. The molecule has 1 atom stereocenters. The van der Waals surface area contributed by atoms with Crippen LogP contribution in [0.2, 0.25) is 0 Å². The van der Waals surface area contributed by atoms with Crippen molar-refractivity contribution in [3.05, 3.63) is 29.6 Å². The van der Waals surface area contributed by atoms with Gasteiger partial charge in [0.1, 0.15) is 0 Å². The van der Waals surface area contributed by atoms with Gasteiger partial charge in [0, 0.05) is 11.9 Å². The Kier molecular flexibility index (Phi) is 14.1. The zero-order valence-electron chi connectivity index (χ0n) is 21.2. The highest BCUT2D eigenvalue weighted by Crippen LogP contribution is 2.34. The van der Waals surface area contributed by atoms with Gasteiger partial charge in [-0.3, -0.25) is 4.98 Å². The molecule has 1 aromatic rings. The van der Waals surface area contributed by atoms with Gasteiger partial charge >= 0.3 is 0 Å². The maximum atomic E-state index is 4.70. The smallest absolute Gasteiger partial charge is 0.0414 e. The Balaban J connectivity index is 2.44. The van der Waals surface area contributed by atoms with E-state index in [4.69, 9.17) is 4.98 Å². The molecule has 30 heavy (non-hydrogen) atoms. The van der Waals surface area contributed by atoms with Crippen LogP contribution in [0.15, 0.2) is 18.3 Å². The predicted octanol–water partition coefficient (Wildman–Crippen LogP) is 9.38. The Labute approximate surface area is 193 Å². The highest BCUT2D eigenvalue weighted by molar-refractivity contribution is 7.99. The van der Waals surface area contributed by atoms with Crippen molar-refractivity contribution in [3.63, 3.8) is 0 Å². The second-order valence-electron chi connectivity index (χ2n) is 10.4. The molecule has 0 aliphatic heterocycles. The highest BCUT2D eigenvalue weighted by Gasteiger charge is 2.24. The lowest BCUT2D eigenvalue weighted by molar-refractivity contribution is 0.365. The van der Waals surface area contributed by atoms with Gasteiger partial charge < -0.3 is 0 Å². The number of hydrogen-bond donors (Lipinski definition) is 0. The van der Waals surface area contributed by atoms with Crippen molar-refractivity contribution in [2.24, 2.45) is 5.41 Å². The summed E-state index contributed by atoms with van der Waals surface area (Å²) in [6.45, 7) is 14.3. The minimum atomic E-state index is 0.304. The second kappa shape index (κ2) is 15.3. The van der Waals surface area contributed by atoms with Crippen LogP contribution < -0.4 is 0 Å². The monoisotopic (exact) mass is 433 g/mol. The molecule has 1 nitrogen and oxygen atoms in total. The van der Waals surface area contributed by atoms with E-state index in [9.17, 15) is 0 Å². The molecule has 0 fully saturated rings. The Morgan fingerprint density at radius 2 is 1.47 bits per heavy atom. The van der Waals surface area contributed by atoms with Crippen molar-refractivity contribution < 1.29 is 0 Å². The van der Waals surface area contributed by atoms with E-state index in [1.807, 2.05) is 0 Å². The number of thioether (sulfide) groups is 1. The van der Waals surface area contributed by atoms with Gasteiger partial charge in [0.05, 0.1) is 0 Å². The van der Waals surface area contributed by atoms with Crippen molar-refractivity contribution in [2.75, 3.05) is 11.5 Å². The molecule has 0 radical (unpaired) electrons. The number of pyridine rings is 1. The molecule has 1 unspecified atom stereocenters. The minimum absolute atomic E-state index is 0.304. The quantitative estimate of drug-likeness (QED) is 0.214. The Morgan fingerprint density at radius 3 is 2.13 bits per heavy atom. The van der Waals surface area contributed by atoms with Crippen molar-refractivity contribution in [1.29, 1.82) is 0 Å². The molecular weight excluding hydrogens is 382 g/mol. The average molecular weight is 434 g/mol. The molecule has 0 saturated heterocycles. The molecule has 1 aromatic heterocycles. The summed E-state index contributed by atoms with van der Waals surface area (Å²) in [6, 6.07) is 4.67. The third kappa shape index (κ3) is 11.2. The third-order valence-corrected chi connectivity index (χ3v) is 8.31. The topological polar surface area (TPSA) is 12.9 Å². The van der Waals surface area contributed by atoms with Gasteiger partial charge in [-0.2, -0.15) is 11.8 Å². The first kappa shape index (κ1) is 27.5. The molecule has 1 rings (SSSR count). The molecule has 0 N–H and O–H groups in total. The van der Waals surface area contributed by atoms with E-state index >= 15 is 0 Å². The molecule has 0 aliphatic rings. The normalized spacial score (nSPS) is 14.1. The number of rotatable bonds is 18. The standard InChI is InChI=1S/C28H51NS/c1-7-10-12-14-15-19-27(4,5)24-30-22-18-26-23-25(17-21-29-26)28(6,9-3)20-16-13-11-8-2/h17,21,23H,7-16,18-20,22,24H2,1-6H3. The average Bonchev–Trinajstić information content (AvgIpc) is 2.74. The largest absolute Gasteiger partial charge is 0.261 e. The first-order chi connectivity index (χ1) is 14.4. The summed E-state index contributed by atoms with van der Waals surface area (Å²) >= 11 is 2.12. The van der Waals surface area contributed by atoms with Crippen LogP contribution in [0, 0.1) is 5.41 Å². The molecule has 0 amide bonds. The molecule has 1 heterocycles. The summed E-state index contributed by atoms with van der Waals surface area (Å²) in [5.74, 6) is 2.46. The summed E-state index contributed by atoms with van der Waals surface area (Å²) in [4.78, 5) is 4.70. The van der Waals surface area contributed by atoms with Gasteiger partial charge in [0.15, 0.2) is 0 Å². The van der Waals surface area contributed by atoms with Gasteiger partial charge in [-0.25, -0.2) is 0 Å². The van der Waals surface area contributed by atoms with Gasteiger partial charge in [0.25, 0.3) is 0 Å². The van der Waals surface area contributed by atoms with E-state index in [0.29, 0.717) is 10.8 Å². The molecule has 174 valence electrons. The third-order valence-electron chi connectivity index (χ3n) is 6.83. The fourth-order valence-electron chi connectivity index (χ4n) is 4.26. The Bertz CT molecular complexity index is 553. The summed E-state index contributed by atoms with van der Waals surface area (Å²) in [7, 11) is 0. The molecule has 0 bridgehead atoms. The van der Waals surface area contributed by atoms with Crippen molar-refractivity contribution in [2.45, 2.75) is 130 Å². The lowest BCUT2D eigenvalue weighted by atomic mass is 9.76. The number of nitrogens with zero attached hydrogens (tertiary/aromatic N) is 1. The van der Waals surface area contributed by atoms with Crippen LogP contribution in [0.3, 0.4) is 0 Å². The summed E-state index contributed by atoms with van der Waals surface area (Å²) < 4.78 is 0. The fourth-order valence-corrected chi connectivity index (χ4v) is 5.46. The van der Waals surface area contributed by atoms with Crippen LogP contribution in [-0.4, -0.2) is 16.5 Å². The molecule has 2 heteroatoms. The lowest BCUT2D eigenvalue weighted by Gasteiger charge is -2.29. The van der Waals surface area contributed by atoms with Crippen molar-refractivity contribution in [1.82, 2.24) is 4.98 Å². The van der Waals surface area contributed by atoms with Gasteiger partial charge in [-0.15, -0.1) is 0 Å². The van der Waals surface area contributed by atoms with E-state index in [1.54, 1.807) is 0 Å². The van der Waals surface area contributed by atoms with E-state index in [2.05, 4.69) is 71.6 Å². The van der Waals surface area contributed by atoms with Crippen LogP contribution in [0.5, 0.6) is 0 Å². The van der Waals surface area contributed by atoms with Crippen LogP contribution in [0.25, 0.3) is 0 Å². The van der Waals surface area contributed by atoms with Crippen LogP contribution >= 0.6 is 11.8 Å². The number of unbranched alkanes of at least 4 members (excludes halogenated alkanes) is 7. The van der Waals surface area contributed by atoms with Crippen molar-refractivity contribution in [3.8, 4) is 0 Å². The Hall–Kier alpha value is -0.500.